The molecule has 0 amide bonds. The maximum atomic E-state index is 12.1. The largest absolute Gasteiger partial charge is 0.351 e. The number of rotatable bonds is 8. The normalized spacial score (nSPS) is 23.0. The first-order chi connectivity index (χ1) is 15.2. The van der Waals surface area contributed by atoms with Crippen molar-refractivity contribution in [3.05, 3.63) is 17.8 Å². The molecule has 32 heavy (non-hydrogen) atoms. The Labute approximate surface area is 188 Å². The molecule has 2 saturated heterocycles. The molecule has 2 bridgehead atoms. The molecule has 172 valence electrons. The zero-order valence-electron chi connectivity index (χ0n) is 18.5. The van der Waals surface area contributed by atoms with Gasteiger partial charge in [0.2, 0.25) is 16.0 Å². The van der Waals surface area contributed by atoms with Gasteiger partial charge in [0, 0.05) is 56.0 Å². The molecule has 4 heterocycles. The van der Waals surface area contributed by atoms with Gasteiger partial charge in [0.05, 0.1) is 12.3 Å². The van der Waals surface area contributed by atoms with Gasteiger partial charge in [-0.1, -0.05) is 0 Å². The summed E-state index contributed by atoms with van der Waals surface area (Å²) in [6.07, 6.45) is 5.85. The highest BCUT2D eigenvalue weighted by Gasteiger charge is 2.40. The molecule has 2 aliphatic heterocycles. The van der Waals surface area contributed by atoms with E-state index in [9.17, 15) is 8.42 Å². The Morgan fingerprint density at radius 3 is 2.56 bits per heavy atom. The first-order valence-corrected chi connectivity index (χ1v) is 12.6. The van der Waals surface area contributed by atoms with Crippen LogP contribution in [-0.2, 0) is 10.0 Å². The Hall–Kier alpha value is -2.91. The Kier molecular flexibility index (Phi) is 6.21. The van der Waals surface area contributed by atoms with E-state index < -0.39 is 10.0 Å². The van der Waals surface area contributed by atoms with Crippen LogP contribution in [-0.4, -0.2) is 71.5 Å². The second-order valence-electron chi connectivity index (χ2n) is 8.57. The van der Waals surface area contributed by atoms with Gasteiger partial charge in [0.15, 0.2) is 5.82 Å². The Balaban J connectivity index is 1.55. The second kappa shape index (κ2) is 8.91. The average Bonchev–Trinajstić information content (AvgIpc) is 3.23. The Morgan fingerprint density at radius 1 is 1.25 bits per heavy atom. The smallest absolute Gasteiger partial charge is 0.233 e. The number of aryl methyl sites for hydroxylation is 1. The maximum Gasteiger partial charge on any atom is 0.233 e. The lowest BCUT2D eigenvalue weighted by molar-refractivity contribution is 0.135. The van der Waals surface area contributed by atoms with Crippen molar-refractivity contribution in [1.82, 2.24) is 25.1 Å². The molecule has 12 heteroatoms. The van der Waals surface area contributed by atoms with Crippen LogP contribution in [0.15, 0.2) is 12.1 Å². The van der Waals surface area contributed by atoms with Gasteiger partial charge in [-0.3, -0.25) is 14.3 Å². The molecule has 2 aromatic rings. The van der Waals surface area contributed by atoms with Gasteiger partial charge in [-0.25, -0.2) is 8.42 Å². The van der Waals surface area contributed by atoms with E-state index >= 15 is 0 Å². The zero-order valence-corrected chi connectivity index (χ0v) is 19.4. The second-order valence-corrected chi connectivity index (χ2v) is 10.6. The number of nitrogens with zero attached hydrogens (tertiary/aromatic N) is 6. The van der Waals surface area contributed by atoms with Gasteiger partial charge >= 0.3 is 0 Å². The molecule has 4 rings (SSSR count). The van der Waals surface area contributed by atoms with Crippen molar-refractivity contribution in [2.45, 2.75) is 57.2 Å². The highest BCUT2D eigenvalue weighted by molar-refractivity contribution is 7.92. The molecule has 3 atom stereocenters. The molecule has 0 saturated carbocycles. The van der Waals surface area contributed by atoms with E-state index in [1.165, 1.54) is 7.05 Å². The zero-order chi connectivity index (χ0) is 22.9. The van der Waals surface area contributed by atoms with E-state index in [2.05, 4.69) is 41.8 Å². The summed E-state index contributed by atoms with van der Waals surface area (Å²) in [6.45, 7) is 2.71. The molecular weight excluding hydrogens is 430 g/mol. The SMILES string of the molecule is Cc1cc(Nc2cc(N(C)S(C)(=O)=O)nc(NC3C[C@H]4CC[C@@H](C3)N4CCC#N)n2)n[nH]1. The van der Waals surface area contributed by atoms with Crippen molar-refractivity contribution in [2.24, 2.45) is 0 Å². The number of aromatic amines is 1. The van der Waals surface area contributed by atoms with Crippen molar-refractivity contribution in [1.29, 1.82) is 5.26 Å². The number of nitrogens with one attached hydrogen (secondary N) is 3. The van der Waals surface area contributed by atoms with E-state index in [1.807, 2.05) is 13.0 Å². The predicted octanol–water partition coefficient (Wildman–Crippen LogP) is 1.97. The molecular formula is C20H29N9O2S. The highest BCUT2D eigenvalue weighted by Crippen LogP contribution is 2.36. The lowest BCUT2D eigenvalue weighted by atomic mass is 9.97. The number of anilines is 4. The van der Waals surface area contributed by atoms with Crippen LogP contribution >= 0.6 is 0 Å². The number of hydrogen-bond acceptors (Lipinski definition) is 9. The fraction of sp³-hybridized carbons (Fsp3) is 0.600. The molecule has 1 unspecified atom stereocenters. The van der Waals surface area contributed by atoms with Gasteiger partial charge < -0.3 is 10.6 Å². The first-order valence-electron chi connectivity index (χ1n) is 10.7. The van der Waals surface area contributed by atoms with Crippen molar-refractivity contribution < 1.29 is 8.42 Å². The summed E-state index contributed by atoms with van der Waals surface area (Å²) < 4.78 is 25.3. The monoisotopic (exact) mass is 459 g/mol. The van der Waals surface area contributed by atoms with E-state index in [1.54, 1.807) is 6.07 Å². The van der Waals surface area contributed by atoms with Crippen molar-refractivity contribution in [3.8, 4) is 6.07 Å². The summed E-state index contributed by atoms with van der Waals surface area (Å²) in [5.41, 5.74) is 0.895. The minimum Gasteiger partial charge on any atom is -0.351 e. The third-order valence-electron chi connectivity index (χ3n) is 6.19. The van der Waals surface area contributed by atoms with Crippen molar-refractivity contribution in [3.63, 3.8) is 0 Å². The fourth-order valence-electron chi connectivity index (χ4n) is 4.63. The molecule has 0 aromatic carbocycles. The van der Waals surface area contributed by atoms with Gasteiger partial charge in [-0.2, -0.15) is 20.3 Å². The molecule has 2 aliphatic rings. The van der Waals surface area contributed by atoms with Gasteiger partial charge in [0.1, 0.15) is 11.6 Å². The number of hydrogen-bond donors (Lipinski definition) is 3. The van der Waals surface area contributed by atoms with E-state index in [4.69, 9.17) is 5.26 Å². The highest BCUT2D eigenvalue weighted by atomic mass is 32.2. The topological polar surface area (TPSA) is 143 Å². The number of sulfonamides is 1. The van der Waals surface area contributed by atoms with Crippen molar-refractivity contribution in [2.75, 3.05) is 34.8 Å². The number of piperidine rings is 1. The summed E-state index contributed by atoms with van der Waals surface area (Å²) in [5, 5.41) is 22.5. The quantitative estimate of drug-likeness (QED) is 0.540. The summed E-state index contributed by atoms with van der Waals surface area (Å²) in [4.78, 5) is 11.5. The van der Waals surface area contributed by atoms with Crippen LogP contribution in [0.1, 0.15) is 37.8 Å². The molecule has 0 aliphatic carbocycles. The summed E-state index contributed by atoms with van der Waals surface area (Å²) in [5.74, 6) is 1.69. The van der Waals surface area contributed by atoms with E-state index in [0.29, 0.717) is 36.1 Å². The molecule has 11 nitrogen and oxygen atoms in total. The van der Waals surface area contributed by atoms with Crippen LogP contribution in [0.5, 0.6) is 0 Å². The summed E-state index contributed by atoms with van der Waals surface area (Å²) in [7, 11) is -2.01. The molecule has 0 radical (unpaired) electrons. The molecule has 2 fully saturated rings. The van der Waals surface area contributed by atoms with Crippen LogP contribution in [0, 0.1) is 18.3 Å². The van der Waals surface area contributed by atoms with Crippen LogP contribution in [0.4, 0.5) is 23.4 Å². The third kappa shape index (κ3) is 4.94. The maximum absolute atomic E-state index is 12.1. The third-order valence-corrected chi connectivity index (χ3v) is 7.38. The summed E-state index contributed by atoms with van der Waals surface area (Å²) >= 11 is 0. The number of nitriles is 1. The Morgan fingerprint density at radius 2 is 1.97 bits per heavy atom. The minimum absolute atomic E-state index is 0.185. The lowest BCUT2D eigenvalue weighted by Crippen LogP contribution is -2.47. The average molecular weight is 460 g/mol. The van der Waals surface area contributed by atoms with Crippen LogP contribution in [0.3, 0.4) is 0 Å². The van der Waals surface area contributed by atoms with Crippen LogP contribution in [0.25, 0.3) is 0 Å². The predicted molar refractivity (Wildman–Crippen MR) is 122 cm³/mol. The standard InChI is InChI=1S/C20H29N9O2S/c1-13-9-18(27-26-13)23-17-12-19(28(2)32(3,30)31)25-20(24-17)22-14-10-15-5-6-16(11-14)29(15)8-4-7-21/h9,12,14-16H,4-6,8,10-11H2,1-3H3,(H3,22,23,24,25,26,27)/t14?,15-,16+. The lowest BCUT2D eigenvalue weighted by Gasteiger charge is -2.38. The Bertz CT molecular complexity index is 1100. The first kappa shape index (κ1) is 22.3. The number of H-pyrrole nitrogens is 1. The minimum atomic E-state index is -3.48. The fourth-order valence-corrected chi connectivity index (χ4v) is 5.06. The summed E-state index contributed by atoms with van der Waals surface area (Å²) in [6, 6.07) is 6.76. The molecule has 0 spiro atoms. The van der Waals surface area contributed by atoms with Gasteiger partial charge in [0.25, 0.3) is 0 Å². The van der Waals surface area contributed by atoms with Crippen LogP contribution < -0.4 is 14.9 Å². The molecule has 3 N–H and O–H groups in total. The molecule has 2 aromatic heterocycles. The van der Waals surface area contributed by atoms with E-state index in [0.717, 1.165) is 48.5 Å². The number of fused-ring (bicyclic) bond motifs is 2. The van der Waals surface area contributed by atoms with Gasteiger partial charge in [-0.15, -0.1) is 0 Å². The van der Waals surface area contributed by atoms with Crippen molar-refractivity contribution >= 4 is 33.4 Å². The van der Waals surface area contributed by atoms with E-state index in [-0.39, 0.29) is 11.9 Å². The van der Waals surface area contributed by atoms with Crippen LogP contribution in [0.2, 0.25) is 0 Å². The number of aromatic nitrogens is 4. The van der Waals surface area contributed by atoms with Gasteiger partial charge in [-0.05, 0) is 32.6 Å².